The molecule has 0 fully saturated rings. The van der Waals surface area contributed by atoms with E-state index in [0.29, 0.717) is 0 Å². The normalized spacial score (nSPS) is 10.6. The Morgan fingerprint density at radius 2 is 2.57 bits per heavy atom. The molecule has 0 aromatic rings. The molecule has 7 heavy (non-hydrogen) atoms. The highest BCUT2D eigenvalue weighted by Gasteiger charge is 1.72. The van der Waals surface area contributed by atoms with Crippen molar-refractivity contribution in [2.24, 2.45) is 10.8 Å². The van der Waals surface area contributed by atoms with Gasteiger partial charge in [-0.25, -0.2) is 0 Å². The average Bonchev–Trinajstić information content (AvgIpc) is 1.69. The van der Waals surface area contributed by atoms with E-state index in [4.69, 9.17) is 5.84 Å². The Hall–Kier alpha value is -0.410. The van der Waals surface area contributed by atoms with E-state index in [2.05, 4.69) is 10.4 Å². The molecule has 0 saturated heterocycles. The molecule has 42 valence electrons. The van der Waals surface area contributed by atoms with Crippen LogP contribution in [-0.2, 0) is 0 Å². The zero-order valence-electron chi connectivity index (χ0n) is 4.52. The number of rotatable bonds is 3. The highest BCUT2D eigenvalue weighted by Crippen LogP contribution is 1.64. The van der Waals surface area contributed by atoms with Crippen LogP contribution in [0.1, 0.15) is 6.42 Å². The van der Waals surface area contributed by atoms with E-state index in [9.17, 15) is 0 Å². The summed E-state index contributed by atoms with van der Waals surface area (Å²) in [7, 11) is 1.75. The van der Waals surface area contributed by atoms with Gasteiger partial charge in [0.15, 0.2) is 0 Å². The summed E-state index contributed by atoms with van der Waals surface area (Å²) in [5.74, 6) is 4.96. The molecule has 0 radical (unpaired) electrons. The number of nitrogens with two attached hydrogens (primary N) is 1. The van der Waals surface area contributed by atoms with Crippen LogP contribution in [0, 0.1) is 0 Å². The van der Waals surface area contributed by atoms with Crippen molar-refractivity contribution in [1.82, 2.24) is 5.43 Å². The van der Waals surface area contributed by atoms with Crippen LogP contribution >= 0.6 is 0 Å². The Bertz CT molecular complexity index is 50.9. The smallest absolute Gasteiger partial charge is 0.0273 e. The summed E-state index contributed by atoms with van der Waals surface area (Å²) in [5.41, 5.74) is 2.51. The molecule has 3 nitrogen and oxygen atoms in total. The SMILES string of the molecule is C/N=C/CCNN. The summed E-state index contributed by atoms with van der Waals surface area (Å²) in [6.45, 7) is 0.803. The summed E-state index contributed by atoms with van der Waals surface area (Å²) in [6.07, 6.45) is 2.73. The highest BCUT2D eigenvalue weighted by atomic mass is 15.2. The minimum absolute atomic E-state index is 0.803. The van der Waals surface area contributed by atoms with E-state index >= 15 is 0 Å². The fourth-order valence-electron chi connectivity index (χ4n) is 0.277. The Morgan fingerprint density at radius 3 is 3.00 bits per heavy atom. The van der Waals surface area contributed by atoms with Gasteiger partial charge < -0.3 is 4.99 Å². The van der Waals surface area contributed by atoms with Gasteiger partial charge in [-0.1, -0.05) is 0 Å². The van der Waals surface area contributed by atoms with Crippen LogP contribution in [0.25, 0.3) is 0 Å². The van der Waals surface area contributed by atoms with Crippen LogP contribution in [0.2, 0.25) is 0 Å². The minimum atomic E-state index is 0.803. The molecule has 0 atom stereocenters. The molecule has 0 unspecified atom stereocenters. The lowest BCUT2D eigenvalue weighted by Crippen LogP contribution is -2.22. The van der Waals surface area contributed by atoms with Crippen molar-refractivity contribution in [3.8, 4) is 0 Å². The molecule has 3 N–H and O–H groups in total. The number of aliphatic imine (C=N–C) groups is 1. The quantitative estimate of drug-likeness (QED) is 0.219. The zero-order valence-corrected chi connectivity index (χ0v) is 4.52. The van der Waals surface area contributed by atoms with Gasteiger partial charge >= 0.3 is 0 Å². The van der Waals surface area contributed by atoms with Crippen molar-refractivity contribution < 1.29 is 0 Å². The first-order valence-electron chi connectivity index (χ1n) is 2.26. The third-order valence-corrected chi connectivity index (χ3v) is 0.600. The Labute approximate surface area is 43.6 Å². The average molecular weight is 101 g/mol. The first-order valence-corrected chi connectivity index (χ1v) is 2.26. The van der Waals surface area contributed by atoms with Gasteiger partial charge in [0.05, 0.1) is 0 Å². The van der Waals surface area contributed by atoms with Gasteiger partial charge in [-0.2, -0.15) is 0 Å². The van der Waals surface area contributed by atoms with Crippen LogP contribution < -0.4 is 11.3 Å². The molecule has 0 bridgehead atoms. The Balaban J connectivity index is 2.69. The summed E-state index contributed by atoms with van der Waals surface area (Å²) in [4.78, 5) is 3.75. The standard InChI is InChI=1S/C4H11N3/c1-6-3-2-4-7-5/h3,7H,2,4-5H2,1H3/b6-3+. The molecule has 3 heteroatoms. The van der Waals surface area contributed by atoms with Gasteiger partial charge in [0.2, 0.25) is 0 Å². The molecular weight excluding hydrogens is 90.1 g/mol. The van der Waals surface area contributed by atoms with Crippen LogP contribution in [-0.4, -0.2) is 19.8 Å². The largest absolute Gasteiger partial charge is 0.301 e. The van der Waals surface area contributed by atoms with Gasteiger partial charge in [0.1, 0.15) is 0 Å². The van der Waals surface area contributed by atoms with Crippen molar-refractivity contribution in [1.29, 1.82) is 0 Å². The number of hydrogen-bond donors (Lipinski definition) is 2. The second-order valence-corrected chi connectivity index (χ2v) is 1.18. The van der Waals surface area contributed by atoms with E-state index in [0.717, 1.165) is 13.0 Å². The second-order valence-electron chi connectivity index (χ2n) is 1.18. The molecular formula is C4H11N3. The lowest BCUT2D eigenvalue weighted by molar-refractivity contribution is 0.756. The third-order valence-electron chi connectivity index (χ3n) is 0.600. The van der Waals surface area contributed by atoms with Crippen LogP contribution in [0.15, 0.2) is 4.99 Å². The fourth-order valence-corrected chi connectivity index (χ4v) is 0.277. The van der Waals surface area contributed by atoms with E-state index in [-0.39, 0.29) is 0 Å². The maximum atomic E-state index is 4.96. The van der Waals surface area contributed by atoms with Gasteiger partial charge in [0.25, 0.3) is 0 Å². The van der Waals surface area contributed by atoms with Gasteiger partial charge in [0, 0.05) is 13.6 Å². The first kappa shape index (κ1) is 6.59. The van der Waals surface area contributed by atoms with Crippen molar-refractivity contribution >= 4 is 6.21 Å². The number of nitrogens with zero attached hydrogens (tertiary/aromatic N) is 1. The minimum Gasteiger partial charge on any atom is -0.301 e. The van der Waals surface area contributed by atoms with E-state index in [1.165, 1.54) is 0 Å². The molecule has 0 heterocycles. The molecule has 0 aromatic heterocycles. The van der Waals surface area contributed by atoms with Crippen molar-refractivity contribution in [3.05, 3.63) is 0 Å². The molecule has 0 amide bonds. The lowest BCUT2D eigenvalue weighted by atomic mass is 10.5. The maximum absolute atomic E-state index is 4.96. The molecule has 0 spiro atoms. The first-order chi connectivity index (χ1) is 3.41. The van der Waals surface area contributed by atoms with Crippen LogP contribution in [0.5, 0.6) is 0 Å². The molecule has 0 aliphatic carbocycles. The number of hydrazine groups is 1. The van der Waals surface area contributed by atoms with Crippen molar-refractivity contribution in [2.75, 3.05) is 13.6 Å². The fraction of sp³-hybridized carbons (Fsp3) is 0.750. The van der Waals surface area contributed by atoms with E-state index in [1.54, 1.807) is 7.05 Å². The summed E-state index contributed by atoms with van der Waals surface area (Å²) in [6, 6.07) is 0. The Morgan fingerprint density at radius 1 is 1.86 bits per heavy atom. The predicted octanol–water partition coefficient (Wildman–Crippen LogP) is -0.460. The zero-order chi connectivity index (χ0) is 5.54. The number of hydrogen-bond acceptors (Lipinski definition) is 3. The lowest BCUT2D eigenvalue weighted by Gasteiger charge is -1.87. The van der Waals surface area contributed by atoms with Gasteiger partial charge in [-0.05, 0) is 12.6 Å². The molecule has 0 aliphatic rings. The predicted molar refractivity (Wildman–Crippen MR) is 31.2 cm³/mol. The maximum Gasteiger partial charge on any atom is 0.0273 e. The van der Waals surface area contributed by atoms with Crippen molar-refractivity contribution in [2.45, 2.75) is 6.42 Å². The van der Waals surface area contributed by atoms with Gasteiger partial charge in [-0.3, -0.25) is 11.3 Å². The summed E-state index contributed by atoms with van der Waals surface area (Å²) >= 11 is 0. The Kier molecular flexibility index (Phi) is 5.26. The second kappa shape index (κ2) is 5.59. The molecule has 0 rings (SSSR count). The van der Waals surface area contributed by atoms with Crippen molar-refractivity contribution in [3.63, 3.8) is 0 Å². The number of nitrogens with one attached hydrogen (secondary N) is 1. The molecule has 0 saturated carbocycles. The highest BCUT2D eigenvalue weighted by molar-refractivity contribution is 5.56. The summed E-state index contributed by atoms with van der Waals surface area (Å²) < 4.78 is 0. The topological polar surface area (TPSA) is 50.4 Å². The third kappa shape index (κ3) is 5.59. The van der Waals surface area contributed by atoms with E-state index in [1.807, 2.05) is 6.21 Å². The molecule has 0 aliphatic heterocycles. The summed E-state index contributed by atoms with van der Waals surface area (Å²) in [5, 5.41) is 0. The van der Waals surface area contributed by atoms with E-state index < -0.39 is 0 Å². The van der Waals surface area contributed by atoms with Gasteiger partial charge in [-0.15, -0.1) is 0 Å². The van der Waals surface area contributed by atoms with Crippen LogP contribution in [0.4, 0.5) is 0 Å². The monoisotopic (exact) mass is 101 g/mol. The van der Waals surface area contributed by atoms with Crippen LogP contribution in [0.3, 0.4) is 0 Å². The molecule has 0 aromatic carbocycles.